The standard InChI is InChI=1S/C19H26ClN5O2S/c1-4-24-9-11-25(12-10-24)18(26)14(2)28-19-22-21-17(23(19)3)13-27-16-7-5-15(20)6-8-16/h5-8,14H,4,9-13H2,1-3H3/t14-/m0/s1. The van der Waals surface area contributed by atoms with Crippen molar-refractivity contribution >= 4 is 29.3 Å². The van der Waals surface area contributed by atoms with E-state index in [9.17, 15) is 4.79 Å². The number of hydrogen-bond donors (Lipinski definition) is 0. The summed E-state index contributed by atoms with van der Waals surface area (Å²) in [4.78, 5) is 17.1. The van der Waals surface area contributed by atoms with Crippen LogP contribution in [0.25, 0.3) is 0 Å². The Kier molecular flexibility index (Phi) is 7.20. The van der Waals surface area contributed by atoms with Crippen molar-refractivity contribution in [3.8, 4) is 5.75 Å². The molecule has 28 heavy (non-hydrogen) atoms. The Labute approximate surface area is 175 Å². The SMILES string of the molecule is CCN1CCN(C(=O)[C@H](C)Sc2nnc(COc3ccc(Cl)cc3)n2C)CC1. The lowest BCUT2D eigenvalue weighted by Crippen LogP contribution is -2.50. The van der Waals surface area contributed by atoms with Gasteiger partial charge in [-0.1, -0.05) is 30.3 Å². The molecule has 7 nitrogen and oxygen atoms in total. The Morgan fingerprint density at radius 2 is 1.89 bits per heavy atom. The Morgan fingerprint density at radius 3 is 2.54 bits per heavy atom. The van der Waals surface area contributed by atoms with Gasteiger partial charge >= 0.3 is 0 Å². The molecule has 1 aromatic heterocycles. The first-order chi connectivity index (χ1) is 13.5. The maximum atomic E-state index is 12.7. The topological polar surface area (TPSA) is 63.5 Å². The monoisotopic (exact) mass is 423 g/mol. The molecule has 1 atom stereocenters. The Bertz CT molecular complexity index is 790. The van der Waals surface area contributed by atoms with Gasteiger partial charge in [-0.2, -0.15) is 0 Å². The predicted molar refractivity (Wildman–Crippen MR) is 111 cm³/mol. The second kappa shape index (κ2) is 9.62. The number of nitrogens with zero attached hydrogens (tertiary/aromatic N) is 5. The van der Waals surface area contributed by atoms with Crippen LogP contribution in [-0.2, 0) is 18.4 Å². The number of carbonyl (C=O) groups excluding carboxylic acids is 1. The van der Waals surface area contributed by atoms with E-state index in [-0.39, 0.29) is 11.2 Å². The van der Waals surface area contributed by atoms with Gasteiger partial charge in [0.05, 0.1) is 5.25 Å². The van der Waals surface area contributed by atoms with E-state index in [2.05, 4.69) is 22.0 Å². The van der Waals surface area contributed by atoms with Gasteiger partial charge in [-0.25, -0.2) is 0 Å². The van der Waals surface area contributed by atoms with E-state index in [0.717, 1.165) is 38.5 Å². The van der Waals surface area contributed by atoms with E-state index >= 15 is 0 Å². The largest absolute Gasteiger partial charge is 0.486 e. The van der Waals surface area contributed by atoms with Gasteiger partial charge in [0.1, 0.15) is 12.4 Å². The highest BCUT2D eigenvalue weighted by atomic mass is 35.5. The summed E-state index contributed by atoms with van der Waals surface area (Å²) >= 11 is 7.32. The van der Waals surface area contributed by atoms with Crippen LogP contribution in [0, 0.1) is 0 Å². The summed E-state index contributed by atoms with van der Waals surface area (Å²) in [5.74, 6) is 1.58. The number of hydrogen-bond acceptors (Lipinski definition) is 6. The van der Waals surface area contributed by atoms with Crippen molar-refractivity contribution < 1.29 is 9.53 Å². The van der Waals surface area contributed by atoms with Crippen molar-refractivity contribution in [1.29, 1.82) is 0 Å². The minimum Gasteiger partial charge on any atom is -0.486 e. The first kappa shape index (κ1) is 21.0. The van der Waals surface area contributed by atoms with Crippen molar-refractivity contribution in [1.82, 2.24) is 24.6 Å². The number of amides is 1. The fourth-order valence-corrected chi connectivity index (χ4v) is 4.05. The molecule has 0 bridgehead atoms. The van der Waals surface area contributed by atoms with Gasteiger partial charge < -0.3 is 19.1 Å². The molecule has 0 N–H and O–H groups in total. The number of aromatic nitrogens is 3. The molecule has 152 valence electrons. The number of rotatable bonds is 7. The van der Waals surface area contributed by atoms with E-state index in [1.165, 1.54) is 11.8 Å². The van der Waals surface area contributed by atoms with Crippen molar-refractivity contribution in [3.63, 3.8) is 0 Å². The predicted octanol–water partition coefficient (Wildman–Crippen LogP) is 2.69. The van der Waals surface area contributed by atoms with E-state index in [0.29, 0.717) is 22.6 Å². The van der Waals surface area contributed by atoms with Crippen molar-refractivity contribution in [3.05, 3.63) is 35.1 Å². The molecule has 0 spiro atoms. The van der Waals surface area contributed by atoms with E-state index in [1.807, 2.05) is 35.6 Å². The van der Waals surface area contributed by atoms with Crippen LogP contribution in [0.5, 0.6) is 5.75 Å². The van der Waals surface area contributed by atoms with Crippen molar-refractivity contribution in [2.24, 2.45) is 7.05 Å². The van der Waals surface area contributed by atoms with Crippen LogP contribution in [0.1, 0.15) is 19.7 Å². The van der Waals surface area contributed by atoms with Gasteiger partial charge in [-0.05, 0) is 37.7 Å². The minimum atomic E-state index is -0.207. The number of benzene rings is 1. The number of piperazine rings is 1. The lowest BCUT2D eigenvalue weighted by atomic mass is 10.3. The van der Waals surface area contributed by atoms with Crippen LogP contribution in [-0.4, -0.2) is 68.4 Å². The Balaban J connectivity index is 1.54. The summed E-state index contributed by atoms with van der Waals surface area (Å²) < 4.78 is 7.61. The number of thioether (sulfide) groups is 1. The third-order valence-electron chi connectivity index (χ3n) is 4.87. The second-order valence-corrected chi connectivity index (χ2v) is 8.46. The van der Waals surface area contributed by atoms with E-state index in [1.54, 1.807) is 12.1 Å². The molecule has 1 fully saturated rings. The fourth-order valence-electron chi connectivity index (χ4n) is 3.00. The molecule has 1 saturated heterocycles. The third-order valence-corrected chi connectivity index (χ3v) is 6.24. The molecule has 2 aromatic rings. The van der Waals surface area contributed by atoms with Crippen LogP contribution in [0.3, 0.4) is 0 Å². The van der Waals surface area contributed by atoms with Crippen LogP contribution < -0.4 is 4.74 Å². The minimum absolute atomic E-state index is 0.155. The van der Waals surface area contributed by atoms with Gasteiger partial charge in [0.15, 0.2) is 11.0 Å². The number of carbonyl (C=O) groups is 1. The smallest absolute Gasteiger partial charge is 0.235 e. The molecule has 1 aliphatic heterocycles. The maximum Gasteiger partial charge on any atom is 0.235 e. The highest BCUT2D eigenvalue weighted by Gasteiger charge is 2.26. The molecule has 2 heterocycles. The average Bonchev–Trinajstić information content (AvgIpc) is 3.06. The molecule has 1 amide bonds. The summed E-state index contributed by atoms with van der Waals surface area (Å²) in [7, 11) is 1.89. The fraction of sp³-hybridized carbons (Fsp3) is 0.526. The van der Waals surface area contributed by atoms with Gasteiger partial charge in [0.25, 0.3) is 0 Å². The van der Waals surface area contributed by atoms with Crippen LogP contribution in [0.2, 0.25) is 5.02 Å². The molecule has 0 radical (unpaired) electrons. The summed E-state index contributed by atoms with van der Waals surface area (Å²) in [6.45, 7) is 8.87. The lowest BCUT2D eigenvalue weighted by molar-refractivity contribution is -0.132. The van der Waals surface area contributed by atoms with E-state index < -0.39 is 0 Å². The van der Waals surface area contributed by atoms with E-state index in [4.69, 9.17) is 16.3 Å². The number of likely N-dealkylation sites (N-methyl/N-ethyl adjacent to an activating group) is 1. The molecule has 9 heteroatoms. The van der Waals surface area contributed by atoms with Crippen LogP contribution in [0.4, 0.5) is 0 Å². The molecular weight excluding hydrogens is 398 g/mol. The quantitative estimate of drug-likeness (QED) is 0.638. The van der Waals surface area contributed by atoms with Crippen LogP contribution >= 0.6 is 23.4 Å². The molecular formula is C19H26ClN5O2S. The lowest BCUT2D eigenvalue weighted by Gasteiger charge is -2.35. The second-order valence-electron chi connectivity index (χ2n) is 6.72. The zero-order valence-electron chi connectivity index (χ0n) is 16.5. The number of halogens is 1. The molecule has 1 aliphatic rings. The summed E-state index contributed by atoms with van der Waals surface area (Å²) in [5, 5.41) is 9.60. The highest BCUT2D eigenvalue weighted by molar-refractivity contribution is 8.00. The van der Waals surface area contributed by atoms with Gasteiger partial charge in [-0.3, -0.25) is 4.79 Å². The molecule has 3 rings (SSSR count). The Hall–Kier alpha value is -1.77. The maximum absolute atomic E-state index is 12.7. The van der Waals surface area contributed by atoms with Crippen molar-refractivity contribution in [2.75, 3.05) is 32.7 Å². The summed E-state index contributed by atoms with van der Waals surface area (Å²) in [6, 6.07) is 7.19. The van der Waals surface area contributed by atoms with Gasteiger partial charge in [0.2, 0.25) is 5.91 Å². The van der Waals surface area contributed by atoms with Crippen molar-refractivity contribution in [2.45, 2.75) is 30.9 Å². The first-order valence-electron chi connectivity index (χ1n) is 9.42. The third kappa shape index (κ3) is 5.18. The zero-order valence-corrected chi connectivity index (χ0v) is 18.0. The zero-order chi connectivity index (χ0) is 20.1. The Morgan fingerprint density at radius 1 is 1.21 bits per heavy atom. The normalized spacial score (nSPS) is 16.2. The molecule has 0 aliphatic carbocycles. The molecule has 1 aromatic carbocycles. The summed E-state index contributed by atoms with van der Waals surface area (Å²) in [6.07, 6.45) is 0. The molecule has 0 unspecified atom stereocenters. The van der Waals surface area contributed by atoms with Gasteiger partial charge in [0, 0.05) is 38.2 Å². The average molecular weight is 424 g/mol. The first-order valence-corrected chi connectivity index (χ1v) is 10.7. The molecule has 0 saturated carbocycles. The van der Waals surface area contributed by atoms with Gasteiger partial charge in [-0.15, -0.1) is 10.2 Å². The number of ether oxygens (including phenoxy) is 1. The van der Waals surface area contributed by atoms with Crippen LogP contribution in [0.15, 0.2) is 29.4 Å². The summed E-state index contributed by atoms with van der Waals surface area (Å²) in [5.41, 5.74) is 0. The highest BCUT2D eigenvalue weighted by Crippen LogP contribution is 2.24.